The highest BCUT2D eigenvalue weighted by Crippen LogP contribution is 2.38. The van der Waals surface area contributed by atoms with Crippen LogP contribution in [0.15, 0.2) is 36.5 Å². The van der Waals surface area contributed by atoms with E-state index in [4.69, 9.17) is 16.3 Å². The van der Waals surface area contributed by atoms with Crippen LogP contribution in [-0.2, 0) is 12.9 Å². The van der Waals surface area contributed by atoms with Gasteiger partial charge in [0.1, 0.15) is 17.0 Å². The number of aromatic nitrogens is 2. The van der Waals surface area contributed by atoms with E-state index >= 15 is 0 Å². The topological polar surface area (TPSA) is 56.2 Å². The molecule has 0 saturated carbocycles. The number of anilines is 1. The fourth-order valence-corrected chi connectivity index (χ4v) is 2.61. The van der Waals surface area contributed by atoms with Gasteiger partial charge >= 0.3 is 6.18 Å². The minimum absolute atomic E-state index is 0.233. The lowest BCUT2D eigenvalue weighted by molar-refractivity contribution is -0.143. The number of amides is 1. The highest BCUT2D eigenvalue weighted by atomic mass is 35.5. The molecule has 5 nitrogen and oxygen atoms in total. The van der Waals surface area contributed by atoms with Crippen molar-refractivity contribution in [2.75, 3.05) is 5.32 Å². The van der Waals surface area contributed by atoms with E-state index in [9.17, 15) is 35.5 Å². The summed E-state index contributed by atoms with van der Waals surface area (Å²) in [6.07, 6.45) is -4.47. The van der Waals surface area contributed by atoms with Crippen LogP contribution in [0.5, 0.6) is 5.75 Å². The highest BCUT2D eigenvalue weighted by molar-refractivity contribution is 6.32. The third-order valence-electron chi connectivity index (χ3n) is 3.85. The first-order chi connectivity index (χ1) is 14.5. The van der Waals surface area contributed by atoms with Crippen LogP contribution in [0, 0.1) is 23.3 Å². The smallest absolute Gasteiger partial charge is 0.422 e. The SMILES string of the molecule is O=C(Nc1c(F)c(F)c(C(F)(F)F)c(F)c1F)c1ccn(COc2ccccc2Cl)n1. The molecule has 0 aliphatic heterocycles. The quantitative estimate of drug-likeness (QED) is 0.404. The number of para-hydroxylation sites is 1. The third kappa shape index (κ3) is 4.58. The maximum Gasteiger partial charge on any atom is 0.422 e. The van der Waals surface area contributed by atoms with Crippen LogP contribution in [0.3, 0.4) is 0 Å². The first-order valence-electron chi connectivity index (χ1n) is 8.16. The maximum absolute atomic E-state index is 13.9. The van der Waals surface area contributed by atoms with Gasteiger partial charge in [-0.25, -0.2) is 22.2 Å². The van der Waals surface area contributed by atoms with Crippen molar-refractivity contribution in [1.82, 2.24) is 9.78 Å². The molecule has 0 fully saturated rings. The molecule has 0 radical (unpaired) electrons. The van der Waals surface area contributed by atoms with Crippen molar-refractivity contribution in [3.8, 4) is 5.75 Å². The van der Waals surface area contributed by atoms with Gasteiger partial charge in [-0.05, 0) is 18.2 Å². The number of nitrogens with zero attached hydrogens (tertiary/aromatic N) is 2. The summed E-state index contributed by atoms with van der Waals surface area (Å²) in [7, 11) is 0. The molecule has 0 bridgehead atoms. The third-order valence-corrected chi connectivity index (χ3v) is 4.16. The van der Waals surface area contributed by atoms with E-state index in [1.807, 2.05) is 0 Å². The fraction of sp³-hybridized carbons (Fsp3) is 0.111. The van der Waals surface area contributed by atoms with Gasteiger partial charge in [0.05, 0.1) is 5.02 Å². The number of hydrogen-bond donors (Lipinski definition) is 1. The lowest BCUT2D eigenvalue weighted by Gasteiger charge is -2.14. The number of alkyl halides is 3. The van der Waals surface area contributed by atoms with Crippen LogP contribution in [0.1, 0.15) is 16.1 Å². The van der Waals surface area contributed by atoms with Crippen LogP contribution >= 0.6 is 11.6 Å². The largest absolute Gasteiger partial charge is 0.470 e. The number of carbonyl (C=O) groups is 1. The summed E-state index contributed by atoms with van der Waals surface area (Å²) in [5, 5.41) is 5.51. The number of benzene rings is 2. The molecule has 0 atom stereocenters. The Morgan fingerprint density at radius 3 is 2.23 bits per heavy atom. The van der Waals surface area contributed by atoms with Crippen molar-refractivity contribution in [3.63, 3.8) is 0 Å². The Morgan fingerprint density at radius 2 is 1.65 bits per heavy atom. The average molecular weight is 468 g/mol. The Balaban J connectivity index is 1.79. The zero-order valence-electron chi connectivity index (χ0n) is 14.9. The average Bonchev–Trinajstić information content (AvgIpc) is 3.17. The zero-order chi connectivity index (χ0) is 22.9. The van der Waals surface area contributed by atoms with Crippen molar-refractivity contribution >= 4 is 23.2 Å². The Morgan fingerprint density at radius 1 is 1.03 bits per heavy atom. The Kier molecular flexibility index (Phi) is 6.11. The number of carbonyl (C=O) groups excluding carboxylic acids is 1. The molecule has 3 rings (SSSR count). The minimum Gasteiger partial charge on any atom is -0.470 e. The van der Waals surface area contributed by atoms with Crippen LogP contribution in [0.2, 0.25) is 5.02 Å². The molecule has 0 saturated heterocycles. The van der Waals surface area contributed by atoms with Gasteiger partial charge in [-0.1, -0.05) is 23.7 Å². The standard InChI is InChI=1S/C18H9ClF7N3O2/c19-8-3-1-2-4-10(8)31-7-29-6-5-9(28-29)17(30)27-16-14(22)12(20)11(18(24,25)26)13(21)15(16)23/h1-6H,7H2,(H,27,30). The minimum atomic E-state index is -5.70. The Bertz CT molecular complexity index is 1120. The molecule has 1 heterocycles. The van der Waals surface area contributed by atoms with E-state index < -0.39 is 52.3 Å². The van der Waals surface area contributed by atoms with Crippen LogP contribution < -0.4 is 10.1 Å². The molecule has 0 spiro atoms. The van der Waals surface area contributed by atoms with Crippen molar-refractivity contribution in [2.45, 2.75) is 12.9 Å². The summed E-state index contributed by atoms with van der Waals surface area (Å²) in [5.41, 5.74) is -4.95. The fourth-order valence-electron chi connectivity index (χ4n) is 2.42. The van der Waals surface area contributed by atoms with E-state index in [1.165, 1.54) is 11.5 Å². The number of hydrogen-bond acceptors (Lipinski definition) is 3. The molecule has 0 aliphatic carbocycles. The molecular weight excluding hydrogens is 459 g/mol. The predicted molar refractivity (Wildman–Crippen MR) is 93.5 cm³/mol. The van der Waals surface area contributed by atoms with Crippen molar-refractivity contribution < 1.29 is 40.3 Å². The molecule has 1 amide bonds. The first kappa shape index (κ1) is 22.4. The van der Waals surface area contributed by atoms with Gasteiger partial charge in [0, 0.05) is 6.20 Å². The lowest BCUT2D eigenvalue weighted by atomic mass is 10.1. The summed E-state index contributed by atoms with van der Waals surface area (Å²) in [6.45, 7) is -0.233. The second kappa shape index (κ2) is 8.46. The van der Waals surface area contributed by atoms with E-state index in [-0.39, 0.29) is 6.73 Å². The molecule has 2 aromatic carbocycles. The summed E-state index contributed by atoms with van der Waals surface area (Å²) >= 11 is 5.91. The molecule has 1 N–H and O–H groups in total. The van der Waals surface area contributed by atoms with Gasteiger partial charge in [0.25, 0.3) is 5.91 Å². The van der Waals surface area contributed by atoms with Gasteiger partial charge in [0.2, 0.25) is 0 Å². The summed E-state index contributed by atoms with van der Waals surface area (Å²) < 4.78 is 99.4. The number of ether oxygens (including phenoxy) is 1. The molecule has 13 heteroatoms. The van der Waals surface area contributed by atoms with E-state index in [2.05, 4.69) is 5.10 Å². The first-order valence-corrected chi connectivity index (χ1v) is 8.53. The number of rotatable bonds is 5. The Labute approximate surface area is 174 Å². The summed E-state index contributed by atoms with van der Waals surface area (Å²) in [6, 6.07) is 7.49. The molecule has 3 aromatic rings. The van der Waals surface area contributed by atoms with Crippen LogP contribution in [0.25, 0.3) is 0 Å². The Hall–Kier alpha value is -3.28. The molecule has 1 aromatic heterocycles. The highest BCUT2D eigenvalue weighted by Gasteiger charge is 2.42. The van der Waals surface area contributed by atoms with Crippen LogP contribution in [-0.4, -0.2) is 15.7 Å². The lowest BCUT2D eigenvalue weighted by Crippen LogP contribution is -2.21. The van der Waals surface area contributed by atoms with Crippen molar-refractivity contribution in [1.29, 1.82) is 0 Å². The van der Waals surface area contributed by atoms with Crippen molar-refractivity contribution in [3.05, 3.63) is 76.1 Å². The van der Waals surface area contributed by atoms with Gasteiger partial charge in [0.15, 0.2) is 35.7 Å². The zero-order valence-corrected chi connectivity index (χ0v) is 15.7. The maximum atomic E-state index is 13.9. The van der Waals surface area contributed by atoms with Gasteiger partial charge in [-0.2, -0.15) is 18.3 Å². The summed E-state index contributed by atoms with van der Waals surface area (Å²) in [4.78, 5) is 12.1. The van der Waals surface area contributed by atoms with E-state index in [0.29, 0.717) is 10.8 Å². The second-order valence-corrected chi connectivity index (χ2v) is 6.31. The second-order valence-electron chi connectivity index (χ2n) is 5.90. The molecule has 0 aliphatic rings. The predicted octanol–water partition coefficient (Wildman–Crippen LogP) is 5.40. The van der Waals surface area contributed by atoms with E-state index in [0.717, 1.165) is 10.7 Å². The van der Waals surface area contributed by atoms with Crippen LogP contribution in [0.4, 0.5) is 36.4 Å². The number of nitrogens with one attached hydrogen (secondary N) is 1. The van der Waals surface area contributed by atoms with E-state index in [1.54, 1.807) is 24.3 Å². The molecule has 31 heavy (non-hydrogen) atoms. The summed E-state index contributed by atoms with van der Waals surface area (Å²) in [5.74, 6) is -11.3. The van der Waals surface area contributed by atoms with Gasteiger partial charge in [-0.3, -0.25) is 4.79 Å². The van der Waals surface area contributed by atoms with Gasteiger partial charge < -0.3 is 10.1 Å². The molecule has 164 valence electrons. The molecule has 0 unspecified atom stereocenters. The molecular formula is C18H9ClF7N3O2. The monoisotopic (exact) mass is 467 g/mol. The number of halogens is 8. The van der Waals surface area contributed by atoms with Gasteiger partial charge in [-0.15, -0.1) is 0 Å². The normalized spacial score (nSPS) is 11.5. The van der Waals surface area contributed by atoms with Crippen molar-refractivity contribution in [2.24, 2.45) is 0 Å².